The highest BCUT2D eigenvalue weighted by Crippen LogP contribution is 2.20. The normalized spacial score (nSPS) is 11.0. The highest BCUT2D eigenvalue weighted by atomic mass is 32.2. The minimum absolute atomic E-state index is 0.0974. The number of thioether (sulfide) groups is 1. The number of nitrogens with two attached hydrogens (primary N) is 2. The van der Waals surface area contributed by atoms with Crippen molar-refractivity contribution in [2.75, 3.05) is 11.5 Å². The van der Waals surface area contributed by atoms with Gasteiger partial charge in [-0.2, -0.15) is 0 Å². The highest BCUT2D eigenvalue weighted by molar-refractivity contribution is 7.98. The van der Waals surface area contributed by atoms with Crippen molar-refractivity contribution >= 4 is 39.7 Å². The van der Waals surface area contributed by atoms with Crippen LogP contribution in [-0.2, 0) is 5.75 Å². The third-order valence-electron chi connectivity index (χ3n) is 2.45. The number of nitrogen functional groups attached to an aromatic ring is 2. The number of hydrogen-bond donors (Lipinski definition) is 2. The average molecular weight is 306 g/mol. The van der Waals surface area contributed by atoms with E-state index in [2.05, 4.69) is 15.0 Å². The van der Waals surface area contributed by atoms with Crippen LogP contribution in [-0.4, -0.2) is 19.4 Å². The van der Waals surface area contributed by atoms with Crippen LogP contribution in [0.1, 0.15) is 5.69 Å². The Balaban J connectivity index is 1.84. The van der Waals surface area contributed by atoms with Crippen molar-refractivity contribution in [3.8, 4) is 0 Å². The Labute approximate surface area is 121 Å². The van der Waals surface area contributed by atoms with Crippen LogP contribution < -0.4 is 17.0 Å². The molecule has 9 heteroatoms. The van der Waals surface area contributed by atoms with Crippen LogP contribution in [0.3, 0.4) is 0 Å². The van der Waals surface area contributed by atoms with Gasteiger partial charge in [0.25, 0.3) is 5.56 Å². The molecule has 0 radical (unpaired) electrons. The van der Waals surface area contributed by atoms with Gasteiger partial charge in [0.2, 0.25) is 0 Å². The van der Waals surface area contributed by atoms with Gasteiger partial charge in [0.15, 0.2) is 10.1 Å². The van der Waals surface area contributed by atoms with Crippen molar-refractivity contribution in [1.29, 1.82) is 0 Å². The van der Waals surface area contributed by atoms with Crippen molar-refractivity contribution in [1.82, 2.24) is 19.4 Å². The second-order valence-corrected chi connectivity index (χ2v) is 5.75. The van der Waals surface area contributed by atoms with Crippen LogP contribution >= 0.6 is 23.1 Å². The van der Waals surface area contributed by atoms with Crippen molar-refractivity contribution in [2.45, 2.75) is 10.9 Å². The minimum atomic E-state index is -0.0974. The van der Waals surface area contributed by atoms with E-state index in [1.807, 2.05) is 5.38 Å². The van der Waals surface area contributed by atoms with Crippen LogP contribution in [0.25, 0.3) is 4.96 Å². The van der Waals surface area contributed by atoms with Crippen molar-refractivity contribution in [3.05, 3.63) is 39.8 Å². The van der Waals surface area contributed by atoms with Gasteiger partial charge in [-0.15, -0.1) is 11.3 Å². The van der Waals surface area contributed by atoms with E-state index >= 15 is 0 Å². The molecule has 0 spiro atoms. The smallest absolute Gasteiger partial charge is 0.258 e. The van der Waals surface area contributed by atoms with E-state index in [9.17, 15) is 4.79 Å². The van der Waals surface area contributed by atoms with Gasteiger partial charge in [-0.05, 0) is 0 Å². The highest BCUT2D eigenvalue weighted by Gasteiger charge is 2.06. The maximum absolute atomic E-state index is 11.8. The van der Waals surface area contributed by atoms with Gasteiger partial charge in [0.05, 0.1) is 5.69 Å². The lowest BCUT2D eigenvalue weighted by Gasteiger charge is -2.02. The molecule has 0 unspecified atom stereocenters. The third kappa shape index (κ3) is 2.58. The number of rotatable bonds is 3. The van der Waals surface area contributed by atoms with E-state index in [0.717, 1.165) is 0 Å². The fraction of sp³-hybridized carbons (Fsp3) is 0.0909. The zero-order chi connectivity index (χ0) is 14.1. The number of thiazole rings is 1. The monoisotopic (exact) mass is 306 g/mol. The van der Waals surface area contributed by atoms with E-state index in [0.29, 0.717) is 33.2 Å². The van der Waals surface area contributed by atoms with Gasteiger partial charge in [-0.25, -0.2) is 15.0 Å². The van der Waals surface area contributed by atoms with Crippen molar-refractivity contribution < 1.29 is 0 Å². The third-order valence-corrected chi connectivity index (χ3v) is 4.09. The fourth-order valence-electron chi connectivity index (χ4n) is 1.63. The predicted molar refractivity (Wildman–Crippen MR) is 79.8 cm³/mol. The zero-order valence-corrected chi connectivity index (χ0v) is 11.8. The molecule has 0 amide bonds. The summed E-state index contributed by atoms with van der Waals surface area (Å²) in [6.07, 6.45) is 1.70. The standard InChI is InChI=1S/C11H10N6OS2/c12-7-4-8(13)16-10(15-7)20-5-6-3-9(18)17-1-2-19-11(17)14-6/h1-4H,5H2,(H4,12,13,15,16). The molecule has 0 bridgehead atoms. The van der Waals surface area contributed by atoms with Gasteiger partial charge < -0.3 is 11.5 Å². The predicted octanol–water partition coefficient (Wildman–Crippen LogP) is 1.00. The van der Waals surface area contributed by atoms with E-state index < -0.39 is 0 Å². The number of fused-ring (bicyclic) bond motifs is 1. The molecule has 0 aliphatic carbocycles. The van der Waals surface area contributed by atoms with Gasteiger partial charge in [0, 0.05) is 29.5 Å². The molecule has 0 aromatic carbocycles. The molecule has 7 nitrogen and oxygen atoms in total. The molecule has 0 saturated heterocycles. The van der Waals surface area contributed by atoms with Crippen LogP contribution in [0.5, 0.6) is 0 Å². The minimum Gasteiger partial charge on any atom is -0.383 e. The largest absolute Gasteiger partial charge is 0.383 e. The summed E-state index contributed by atoms with van der Waals surface area (Å²) in [7, 11) is 0. The molecule has 4 N–H and O–H groups in total. The molecule has 3 rings (SSSR count). The van der Waals surface area contributed by atoms with Crippen LogP contribution in [0, 0.1) is 0 Å². The van der Waals surface area contributed by atoms with Crippen molar-refractivity contribution in [3.63, 3.8) is 0 Å². The first-order valence-electron chi connectivity index (χ1n) is 5.60. The Morgan fingerprint density at radius 2 is 1.95 bits per heavy atom. The summed E-state index contributed by atoms with van der Waals surface area (Å²) in [6.45, 7) is 0. The first-order chi connectivity index (χ1) is 9.61. The van der Waals surface area contributed by atoms with Crippen LogP contribution in [0.4, 0.5) is 11.6 Å². The second-order valence-electron chi connectivity index (χ2n) is 3.93. The number of hydrogen-bond acceptors (Lipinski definition) is 8. The molecule has 3 heterocycles. The van der Waals surface area contributed by atoms with E-state index in [4.69, 9.17) is 11.5 Å². The van der Waals surface area contributed by atoms with Crippen molar-refractivity contribution in [2.24, 2.45) is 0 Å². The molecule has 0 aliphatic heterocycles. The lowest BCUT2D eigenvalue weighted by atomic mass is 10.4. The van der Waals surface area contributed by atoms with Gasteiger partial charge in [-0.3, -0.25) is 9.20 Å². The zero-order valence-electron chi connectivity index (χ0n) is 10.2. The van der Waals surface area contributed by atoms with Crippen LogP contribution in [0.2, 0.25) is 0 Å². The maximum Gasteiger partial charge on any atom is 0.258 e. The quantitative estimate of drug-likeness (QED) is 0.548. The summed E-state index contributed by atoms with van der Waals surface area (Å²) in [5.74, 6) is 1.12. The first kappa shape index (κ1) is 12.9. The SMILES string of the molecule is Nc1cc(N)nc(SCc2cc(=O)n3ccsc3n2)n1. The van der Waals surface area contributed by atoms with Gasteiger partial charge in [0.1, 0.15) is 11.6 Å². The molecule has 20 heavy (non-hydrogen) atoms. The molecule has 3 aromatic heterocycles. The molecule has 0 fully saturated rings. The van der Waals surface area contributed by atoms with Gasteiger partial charge in [-0.1, -0.05) is 11.8 Å². The fourth-order valence-corrected chi connectivity index (χ4v) is 3.13. The Morgan fingerprint density at radius 3 is 2.70 bits per heavy atom. The van der Waals surface area contributed by atoms with Crippen LogP contribution in [0.15, 0.2) is 33.7 Å². The first-order valence-corrected chi connectivity index (χ1v) is 7.47. The summed E-state index contributed by atoms with van der Waals surface area (Å²) in [5.41, 5.74) is 11.8. The summed E-state index contributed by atoms with van der Waals surface area (Å²) in [4.78, 5) is 25.0. The van der Waals surface area contributed by atoms with E-state index in [1.54, 1.807) is 6.20 Å². The van der Waals surface area contributed by atoms with Gasteiger partial charge >= 0.3 is 0 Å². The molecule has 0 atom stereocenters. The Hall–Kier alpha value is -2.13. The lowest BCUT2D eigenvalue weighted by molar-refractivity contribution is 0.979. The summed E-state index contributed by atoms with van der Waals surface area (Å²) >= 11 is 2.75. The number of anilines is 2. The van der Waals surface area contributed by atoms with E-state index in [-0.39, 0.29) is 5.56 Å². The van der Waals surface area contributed by atoms with E-state index in [1.165, 1.54) is 39.6 Å². The Kier molecular flexibility index (Phi) is 3.28. The maximum atomic E-state index is 11.8. The Bertz CT molecular complexity index is 807. The molecular formula is C11H10N6OS2. The Morgan fingerprint density at radius 1 is 1.20 bits per heavy atom. The number of nitrogens with zero attached hydrogens (tertiary/aromatic N) is 4. The molecule has 3 aromatic rings. The summed E-state index contributed by atoms with van der Waals surface area (Å²) in [6, 6.07) is 2.99. The lowest BCUT2D eigenvalue weighted by Crippen LogP contribution is -2.12. The molecule has 0 saturated carbocycles. The number of aromatic nitrogens is 4. The topological polar surface area (TPSA) is 112 Å². The molecule has 102 valence electrons. The second kappa shape index (κ2) is 5.10. The average Bonchev–Trinajstić information content (AvgIpc) is 2.84. The summed E-state index contributed by atoms with van der Waals surface area (Å²) < 4.78 is 1.51. The summed E-state index contributed by atoms with van der Waals surface area (Å²) in [5, 5.41) is 2.29. The molecule has 0 aliphatic rings. The molecular weight excluding hydrogens is 296 g/mol.